The molecule has 8 heteroatoms. The lowest BCUT2D eigenvalue weighted by molar-refractivity contribution is 0.256. The molecule has 0 spiro atoms. The van der Waals surface area contributed by atoms with E-state index in [0.29, 0.717) is 17.0 Å². The van der Waals surface area contributed by atoms with Gasteiger partial charge in [-0.15, -0.1) is 0 Å². The first-order valence-corrected chi connectivity index (χ1v) is 10.4. The number of para-hydroxylation sites is 1. The molecule has 4 rings (SSSR count). The number of rotatable bonds is 5. The first kappa shape index (κ1) is 18.5. The van der Waals surface area contributed by atoms with Crippen molar-refractivity contribution in [3.8, 4) is 5.75 Å². The monoisotopic (exact) mass is 398 g/mol. The Balaban J connectivity index is 1.66. The molecule has 28 heavy (non-hydrogen) atoms. The van der Waals surface area contributed by atoms with E-state index < -0.39 is 10.2 Å². The van der Waals surface area contributed by atoms with Gasteiger partial charge in [0.25, 0.3) is 0 Å². The zero-order valence-electron chi connectivity index (χ0n) is 15.9. The number of fused-ring (bicyclic) bond motifs is 2. The van der Waals surface area contributed by atoms with Gasteiger partial charge in [-0.25, -0.2) is 4.98 Å². The molecule has 0 saturated heterocycles. The minimum Gasteiger partial charge on any atom is -0.488 e. The molecular formula is C20H22N4O3S. The Labute approximate surface area is 164 Å². The van der Waals surface area contributed by atoms with Crippen LogP contribution in [0.15, 0.2) is 48.5 Å². The van der Waals surface area contributed by atoms with Crippen LogP contribution in [-0.2, 0) is 16.6 Å². The standard InChI is InChI=1S/C20H22N4O3S/c1-13-12-14-6-4-9-18(20(14)27-13)22-19-11-10-15-16(21-19)7-5-8-17(15)23-28(25,26)24(2)3/h4-11,13,23H,12H2,1-3H3,(H,21,22). The van der Waals surface area contributed by atoms with Gasteiger partial charge in [-0.3, -0.25) is 4.72 Å². The number of ether oxygens (including phenoxy) is 1. The van der Waals surface area contributed by atoms with Crippen LogP contribution in [0.1, 0.15) is 12.5 Å². The SMILES string of the molecule is CC1Cc2cccc(Nc3ccc4c(NS(=O)(=O)N(C)C)cccc4n3)c2O1. The van der Waals surface area contributed by atoms with E-state index in [9.17, 15) is 8.42 Å². The highest BCUT2D eigenvalue weighted by Crippen LogP contribution is 2.37. The van der Waals surface area contributed by atoms with Gasteiger partial charge in [0.2, 0.25) is 0 Å². The molecular weight excluding hydrogens is 376 g/mol. The van der Waals surface area contributed by atoms with E-state index >= 15 is 0 Å². The van der Waals surface area contributed by atoms with Crippen molar-refractivity contribution in [3.05, 3.63) is 54.1 Å². The molecule has 0 amide bonds. The van der Waals surface area contributed by atoms with Crippen molar-refractivity contribution in [2.45, 2.75) is 19.4 Å². The summed E-state index contributed by atoms with van der Waals surface area (Å²) in [6.07, 6.45) is 1.06. The second-order valence-electron chi connectivity index (χ2n) is 7.01. The van der Waals surface area contributed by atoms with Crippen LogP contribution < -0.4 is 14.8 Å². The average molecular weight is 398 g/mol. The summed E-state index contributed by atoms with van der Waals surface area (Å²) in [5.74, 6) is 1.53. The lowest BCUT2D eigenvalue weighted by Gasteiger charge is -2.15. The number of benzene rings is 2. The Morgan fingerprint density at radius 2 is 1.82 bits per heavy atom. The molecule has 1 atom stereocenters. The number of nitrogens with one attached hydrogen (secondary N) is 2. The minimum absolute atomic E-state index is 0.162. The Morgan fingerprint density at radius 3 is 2.61 bits per heavy atom. The third-order valence-corrected chi connectivity index (χ3v) is 6.08. The van der Waals surface area contributed by atoms with Gasteiger partial charge in [-0.1, -0.05) is 18.2 Å². The first-order valence-electron chi connectivity index (χ1n) is 8.99. The van der Waals surface area contributed by atoms with Gasteiger partial charge in [0.1, 0.15) is 17.7 Å². The molecule has 7 nitrogen and oxygen atoms in total. The van der Waals surface area contributed by atoms with Crippen molar-refractivity contribution in [1.29, 1.82) is 0 Å². The van der Waals surface area contributed by atoms with Gasteiger partial charge in [0.05, 0.1) is 16.9 Å². The summed E-state index contributed by atoms with van der Waals surface area (Å²) >= 11 is 0. The maximum Gasteiger partial charge on any atom is 0.301 e. The van der Waals surface area contributed by atoms with Crippen molar-refractivity contribution in [2.24, 2.45) is 0 Å². The molecule has 3 aromatic rings. The third-order valence-electron chi connectivity index (χ3n) is 4.64. The van der Waals surface area contributed by atoms with Crippen LogP contribution in [0.4, 0.5) is 17.2 Å². The highest BCUT2D eigenvalue weighted by Gasteiger charge is 2.22. The fraction of sp³-hybridized carbons (Fsp3) is 0.250. The van der Waals surface area contributed by atoms with Crippen molar-refractivity contribution >= 4 is 38.3 Å². The summed E-state index contributed by atoms with van der Waals surface area (Å²) in [5.41, 5.74) is 3.23. The summed E-state index contributed by atoms with van der Waals surface area (Å²) in [7, 11) is -0.628. The second-order valence-corrected chi connectivity index (χ2v) is 8.89. The Kier molecular flexibility index (Phi) is 4.60. The van der Waals surface area contributed by atoms with Crippen molar-refractivity contribution in [1.82, 2.24) is 9.29 Å². The van der Waals surface area contributed by atoms with Crippen molar-refractivity contribution in [3.63, 3.8) is 0 Å². The summed E-state index contributed by atoms with van der Waals surface area (Å²) < 4.78 is 33.9. The number of anilines is 3. The van der Waals surface area contributed by atoms with E-state index in [1.165, 1.54) is 19.7 Å². The summed E-state index contributed by atoms with van der Waals surface area (Å²) in [4.78, 5) is 4.64. The molecule has 0 aliphatic carbocycles. The van der Waals surface area contributed by atoms with E-state index in [1.807, 2.05) is 37.3 Å². The molecule has 0 radical (unpaired) electrons. The van der Waals surface area contributed by atoms with Crippen LogP contribution in [-0.4, -0.2) is 37.9 Å². The van der Waals surface area contributed by atoms with E-state index in [2.05, 4.69) is 21.1 Å². The van der Waals surface area contributed by atoms with Crippen molar-refractivity contribution in [2.75, 3.05) is 24.1 Å². The second kappa shape index (κ2) is 6.96. The summed E-state index contributed by atoms with van der Waals surface area (Å²) in [5, 5.41) is 4.04. The fourth-order valence-corrected chi connectivity index (χ4v) is 3.86. The number of nitrogens with zero attached hydrogens (tertiary/aromatic N) is 2. The average Bonchev–Trinajstić information content (AvgIpc) is 3.03. The van der Waals surface area contributed by atoms with E-state index in [4.69, 9.17) is 4.74 Å². The maximum atomic E-state index is 12.2. The molecule has 0 fully saturated rings. The zero-order chi connectivity index (χ0) is 19.9. The molecule has 146 valence electrons. The van der Waals surface area contributed by atoms with Gasteiger partial charge < -0.3 is 10.1 Å². The van der Waals surface area contributed by atoms with Crippen LogP contribution in [0.3, 0.4) is 0 Å². The van der Waals surface area contributed by atoms with Gasteiger partial charge in [0.15, 0.2) is 0 Å². The van der Waals surface area contributed by atoms with E-state index in [0.717, 1.165) is 27.5 Å². The smallest absolute Gasteiger partial charge is 0.301 e. The largest absolute Gasteiger partial charge is 0.488 e. The van der Waals surface area contributed by atoms with Crippen LogP contribution >= 0.6 is 0 Å². The summed E-state index contributed by atoms with van der Waals surface area (Å²) in [6, 6.07) is 15.1. The molecule has 0 saturated carbocycles. The normalized spacial score (nSPS) is 16.1. The number of aromatic nitrogens is 1. The van der Waals surface area contributed by atoms with Gasteiger partial charge in [-0.2, -0.15) is 12.7 Å². The number of hydrogen-bond donors (Lipinski definition) is 2. The number of hydrogen-bond acceptors (Lipinski definition) is 5. The van der Waals surface area contributed by atoms with E-state index in [-0.39, 0.29) is 6.10 Å². The van der Waals surface area contributed by atoms with Crippen LogP contribution in [0.2, 0.25) is 0 Å². The molecule has 1 aromatic heterocycles. The van der Waals surface area contributed by atoms with Crippen LogP contribution in [0, 0.1) is 0 Å². The predicted molar refractivity (Wildman–Crippen MR) is 111 cm³/mol. The van der Waals surface area contributed by atoms with Gasteiger partial charge in [-0.05, 0) is 42.8 Å². The minimum atomic E-state index is -3.59. The molecule has 1 unspecified atom stereocenters. The topological polar surface area (TPSA) is 83.6 Å². The zero-order valence-corrected chi connectivity index (χ0v) is 16.7. The Morgan fingerprint density at radius 1 is 1.07 bits per heavy atom. The summed E-state index contributed by atoms with van der Waals surface area (Å²) in [6.45, 7) is 2.05. The fourth-order valence-electron chi connectivity index (χ4n) is 3.22. The van der Waals surface area contributed by atoms with Crippen LogP contribution in [0.5, 0.6) is 5.75 Å². The molecule has 1 aliphatic rings. The van der Waals surface area contributed by atoms with Gasteiger partial charge in [0, 0.05) is 25.9 Å². The Bertz CT molecular complexity index is 1150. The van der Waals surface area contributed by atoms with Crippen molar-refractivity contribution < 1.29 is 13.2 Å². The molecule has 0 bridgehead atoms. The highest BCUT2D eigenvalue weighted by molar-refractivity contribution is 7.90. The van der Waals surface area contributed by atoms with Gasteiger partial charge >= 0.3 is 10.2 Å². The molecule has 1 aliphatic heterocycles. The molecule has 2 aromatic carbocycles. The van der Waals surface area contributed by atoms with Crippen LogP contribution in [0.25, 0.3) is 10.9 Å². The molecule has 2 heterocycles. The third kappa shape index (κ3) is 3.48. The lowest BCUT2D eigenvalue weighted by atomic mass is 10.1. The van der Waals surface area contributed by atoms with E-state index in [1.54, 1.807) is 12.1 Å². The molecule has 2 N–H and O–H groups in total. The first-order chi connectivity index (χ1) is 13.3. The Hall–Kier alpha value is -2.84. The predicted octanol–water partition coefficient (Wildman–Crippen LogP) is 3.52. The maximum absolute atomic E-state index is 12.2. The lowest BCUT2D eigenvalue weighted by Crippen LogP contribution is -2.29. The highest BCUT2D eigenvalue weighted by atomic mass is 32.2. The number of pyridine rings is 1. The quantitative estimate of drug-likeness (QED) is 0.687.